The van der Waals surface area contributed by atoms with Crippen LogP contribution in [0.15, 0.2) is 36.4 Å². The molecule has 3 nitrogen and oxygen atoms in total. The molecule has 0 saturated heterocycles. The molecular formula is C16H15F2NO2. The zero-order valence-corrected chi connectivity index (χ0v) is 11.4. The normalized spacial score (nSPS) is 12.7. The van der Waals surface area contributed by atoms with Gasteiger partial charge in [0.15, 0.2) is 23.1 Å². The standard InChI is InChI=1S/C16H15F2NO2/c17-13-3-1-12(7-14(13)18)9-19-6-5-11-2-4-15-16(8-11)21-10-20-15/h1-4,7-8,19H,5-6,9-10H2. The van der Waals surface area contributed by atoms with Crippen molar-refractivity contribution in [1.29, 1.82) is 0 Å². The number of nitrogens with one attached hydrogen (secondary N) is 1. The Bertz CT molecular complexity index is 646. The van der Waals surface area contributed by atoms with E-state index < -0.39 is 11.6 Å². The van der Waals surface area contributed by atoms with Gasteiger partial charge in [0, 0.05) is 6.54 Å². The lowest BCUT2D eigenvalue weighted by molar-refractivity contribution is 0.174. The molecular weight excluding hydrogens is 276 g/mol. The van der Waals surface area contributed by atoms with E-state index in [-0.39, 0.29) is 6.79 Å². The number of ether oxygens (including phenoxy) is 2. The topological polar surface area (TPSA) is 30.5 Å². The molecule has 0 aliphatic carbocycles. The highest BCUT2D eigenvalue weighted by Crippen LogP contribution is 2.32. The van der Waals surface area contributed by atoms with Crippen LogP contribution in [0.4, 0.5) is 8.78 Å². The van der Waals surface area contributed by atoms with Crippen LogP contribution in [-0.2, 0) is 13.0 Å². The van der Waals surface area contributed by atoms with Crippen molar-refractivity contribution in [2.75, 3.05) is 13.3 Å². The SMILES string of the molecule is Fc1ccc(CNCCc2ccc3c(c2)OCO3)cc1F. The van der Waals surface area contributed by atoms with Crippen molar-refractivity contribution < 1.29 is 18.3 Å². The van der Waals surface area contributed by atoms with E-state index in [4.69, 9.17) is 9.47 Å². The predicted molar refractivity (Wildman–Crippen MR) is 74.3 cm³/mol. The summed E-state index contributed by atoms with van der Waals surface area (Å²) in [7, 11) is 0. The largest absolute Gasteiger partial charge is 0.454 e. The Balaban J connectivity index is 1.49. The second-order valence-electron chi connectivity index (χ2n) is 4.86. The molecule has 2 aromatic rings. The van der Waals surface area contributed by atoms with E-state index in [0.717, 1.165) is 41.7 Å². The van der Waals surface area contributed by atoms with Gasteiger partial charge in [-0.2, -0.15) is 0 Å². The molecule has 21 heavy (non-hydrogen) atoms. The summed E-state index contributed by atoms with van der Waals surface area (Å²) in [5, 5.41) is 3.20. The molecule has 0 spiro atoms. The van der Waals surface area contributed by atoms with Crippen molar-refractivity contribution in [2.45, 2.75) is 13.0 Å². The van der Waals surface area contributed by atoms with Crippen molar-refractivity contribution in [3.05, 3.63) is 59.2 Å². The van der Waals surface area contributed by atoms with Gasteiger partial charge >= 0.3 is 0 Å². The summed E-state index contributed by atoms with van der Waals surface area (Å²) >= 11 is 0. The van der Waals surface area contributed by atoms with Crippen LogP contribution in [0.3, 0.4) is 0 Å². The summed E-state index contributed by atoms with van der Waals surface area (Å²) < 4.78 is 36.4. The fourth-order valence-electron chi connectivity index (χ4n) is 2.21. The van der Waals surface area contributed by atoms with Gasteiger partial charge in [0.25, 0.3) is 0 Å². The van der Waals surface area contributed by atoms with Crippen molar-refractivity contribution >= 4 is 0 Å². The Kier molecular flexibility index (Phi) is 4.01. The van der Waals surface area contributed by atoms with Gasteiger partial charge in [-0.1, -0.05) is 12.1 Å². The molecule has 1 heterocycles. The zero-order valence-electron chi connectivity index (χ0n) is 11.4. The van der Waals surface area contributed by atoms with Gasteiger partial charge in [-0.3, -0.25) is 0 Å². The molecule has 0 bridgehead atoms. The molecule has 0 unspecified atom stereocenters. The van der Waals surface area contributed by atoms with Crippen molar-refractivity contribution in [1.82, 2.24) is 5.32 Å². The second-order valence-corrected chi connectivity index (χ2v) is 4.86. The van der Waals surface area contributed by atoms with Crippen LogP contribution in [0.2, 0.25) is 0 Å². The molecule has 0 aromatic heterocycles. The fraction of sp³-hybridized carbons (Fsp3) is 0.250. The number of halogens is 2. The molecule has 0 amide bonds. The van der Waals surface area contributed by atoms with Gasteiger partial charge in [0.1, 0.15) is 0 Å². The maximum absolute atomic E-state index is 13.1. The Labute approximate surface area is 121 Å². The maximum atomic E-state index is 13.1. The van der Waals surface area contributed by atoms with Crippen LogP contribution in [-0.4, -0.2) is 13.3 Å². The van der Waals surface area contributed by atoms with E-state index in [1.165, 1.54) is 6.07 Å². The minimum Gasteiger partial charge on any atom is -0.454 e. The first kappa shape index (κ1) is 13.8. The molecule has 0 atom stereocenters. The average Bonchev–Trinajstić information content (AvgIpc) is 2.95. The summed E-state index contributed by atoms with van der Waals surface area (Å²) in [4.78, 5) is 0. The fourth-order valence-corrected chi connectivity index (χ4v) is 2.21. The number of hydrogen-bond donors (Lipinski definition) is 1. The van der Waals surface area contributed by atoms with E-state index in [9.17, 15) is 8.78 Å². The molecule has 1 aliphatic rings. The Hall–Kier alpha value is -2.14. The molecule has 0 saturated carbocycles. The van der Waals surface area contributed by atoms with Crippen LogP contribution >= 0.6 is 0 Å². The smallest absolute Gasteiger partial charge is 0.231 e. The molecule has 110 valence electrons. The van der Waals surface area contributed by atoms with Gasteiger partial charge < -0.3 is 14.8 Å². The Morgan fingerprint density at radius 2 is 1.71 bits per heavy atom. The number of rotatable bonds is 5. The minimum absolute atomic E-state index is 0.271. The summed E-state index contributed by atoms with van der Waals surface area (Å²) in [5.74, 6) is -0.0919. The van der Waals surface area contributed by atoms with Crippen LogP contribution in [0.1, 0.15) is 11.1 Å². The highest BCUT2D eigenvalue weighted by Gasteiger charge is 2.12. The first-order valence-electron chi connectivity index (χ1n) is 6.75. The van der Waals surface area contributed by atoms with E-state index >= 15 is 0 Å². The predicted octanol–water partition coefficient (Wildman–Crippen LogP) is 3.03. The van der Waals surface area contributed by atoms with E-state index in [1.54, 1.807) is 6.07 Å². The van der Waals surface area contributed by atoms with Crippen LogP contribution < -0.4 is 14.8 Å². The monoisotopic (exact) mass is 291 g/mol. The number of hydrogen-bond acceptors (Lipinski definition) is 3. The van der Waals surface area contributed by atoms with Crippen molar-refractivity contribution in [2.24, 2.45) is 0 Å². The zero-order chi connectivity index (χ0) is 14.7. The quantitative estimate of drug-likeness (QED) is 0.859. The lowest BCUT2D eigenvalue weighted by Crippen LogP contribution is -2.16. The maximum Gasteiger partial charge on any atom is 0.231 e. The highest BCUT2D eigenvalue weighted by atomic mass is 19.2. The summed E-state index contributed by atoms with van der Waals surface area (Å²) in [6.07, 6.45) is 0.820. The molecule has 2 aromatic carbocycles. The first-order chi connectivity index (χ1) is 10.2. The van der Waals surface area contributed by atoms with E-state index in [0.29, 0.717) is 6.54 Å². The minimum atomic E-state index is -0.820. The molecule has 1 N–H and O–H groups in total. The Morgan fingerprint density at radius 1 is 0.905 bits per heavy atom. The third-order valence-electron chi connectivity index (χ3n) is 3.34. The summed E-state index contributed by atoms with van der Waals surface area (Å²) in [5.41, 5.74) is 1.86. The third kappa shape index (κ3) is 3.31. The highest BCUT2D eigenvalue weighted by molar-refractivity contribution is 5.44. The summed E-state index contributed by atoms with van der Waals surface area (Å²) in [6, 6.07) is 9.78. The molecule has 3 rings (SSSR count). The summed E-state index contributed by atoms with van der Waals surface area (Å²) in [6.45, 7) is 1.51. The van der Waals surface area contributed by atoms with Gasteiger partial charge in [-0.05, 0) is 48.4 Å². The van der Waals surface area contributed by atoms with Crippen molar-refractivity contribution in [3.63, 3.8) is 0 Å². The van der Waals surface area contributed by atoms with Crippen LogP contribution in [0.5, 0.6) is 11.5 Å². The lowest BCUT2D eigenvalue weighted by atomic mass is 10.1. The average molecular weight is 291 g/mol. The van der Waals surface area contributed by atoms with E-state index in [1.807, 2.05) is 18.2 Å². The first-order valence-corrected chi connectivity index (χ1v) is 6.75. The van der Waals surface area contributed by atoms with E-state index in [2.05, 4.69) is 5.32 Å². The van der Waals surface area contributed by atoms with Crippen molar-refractivity contribution in [3.8, 4) is 11.5 Å². The number of fused-ring (bicyclic) bond motifs is 1. The second kappa shape index (κ2) is 6.10. The number of benzene rings is 2. The van der Waals surface area contributed by atoms with Crippen LogP contribution in [0, 0.1) is 11.6 Å². The third-order valence-corrected chi connectivity index (χ3v) is 3.34. The van der Waals surface area contributed by atoms with Crippen LogP contribution in [0.25, 0.3) is 0 Å². The molecule has 0 fully saturated rings. The lowest BCUT2D eigenvalue weighted by Gasteiger charge is -2.06. The Morgan fingerprint density at radius 3 is 2.57 bits per heavy atom. The molecule has 1 aliphatic heterocycles. The molecule has 5 heteroatoms. The molecule has 0 radical (unpaired) electrons. The van der Waals surface area contributed by atoms with Gasteiger partial charge in [-0.25, -0.2) is 8.78 Å². The van der Waals surface area contributed by atoms with Gasteiger partial charge in [0.05, 0.1) is 0 Å². The van der Waals surface area contributed by atoms with Gasteiger partial charge in [0.2, 0.25) is 6.79 Å². The van der Waals surface area contributed by atoms with Gasteiger partial charge in [-0.15, -0.1) is 0 Å².